The minimum atomic E-state index is -3.75. The predicted molar refractivity (Wildman–Crippen MR) is 62.8 cm³/mol. The number of anilines is 1. The lowest BCUT2D eigenvalue weighted by atomic mass is 10.2. The van der Waals surface area contributed by atoms with Crippen molar-refractivity contribution in [1.29, 1.82) is 0 Å². The molecule has 0 aliphatic rings. The van der Waals surface area contributed by atoms with E-state index in [1.807, 2.05) is 0 Å². The molecule has 6 nitrogen and oxygen atoms in total. The molecule has 1 aromatic rings. The van der Waals surface area contributed by atoms with Crippen LogP contribution in [0.1, 0.15) is 5.56 Å². The number of nitrogens with one attached hydrogen (secondary N) is 1. The lowest BCUT2D eigenvalue weighted by Crippen LogP contribution is -2.30. The Morgan fingerprint density at radius 2 is 2.12 bits per heavy atom. The van der Waals surface area contributed by atoms with Gasteiger partial charge in [-0.2, -0.15) is 4.72 Å². The molecule has 0 aliphatic carbocycles. The number of hydrogen-bond acceptors (Lipinski definition) is 5. The molecule has 17 heavy (non-hydrogen) atoms. The van der Waals surface area contributed by atoms with E-state index in [9.17, 15) is 13.2 Å². The van der Waals surface area contributed by atoms with E-state index >= 15 is 0 Å². The van der Waals surface area contributed by atoms with E-state index in [4.69, 9.17) is 5.73 Å². The van der Waals surface area contributed by atoms with E-state index in [1.165, 1.54) is 19.2 Å². The lowest BCUT2D eigenvalue weighted by Gasteiger charge is -2.09. The molecule has 0 aliphatic heterocycles. The van der Waals surface area contributed by atoms with Crippen LogP contribution in [0, 0.1) is 6.92 Å². The summed E-state index contributed by atoms with van der Waals surface area (Å²) in [4.78, 5) is 10.9. The van der Waals surface area contributed by atoms with Crippen LogP contribution < -0.4 is 10.5 Å². The third-order valence-corrected chi connectivity index (χ3v) is 3.80. The van der Waals surface area contributed by atoms with E-state index in [2.05, 4.69) is 9.46 Å². The number of carbonyl (C=O) groups excluding carboxylic acids is 1. The van der Waals surface area contributed by atoms with Crippen molar-refractivity contribution in [3.05, 3.63) is 23.8 Å². The van der Waals surface area contributed by atoms with Gasteiger partial charge in [-0.3, -0.25) is 4.79 Å². The van der Waals surface area contributed by atoms with Gasteiger partial charge in [0.05, 0.1) is 12.0 Å². The zero-order valence-electron chi connectivity index (χ0n) is 9.56. The molecule has 1 aromatic carbocycles. The second kappa shape index (κ2) is 5.15. The van der Waals surface area contributed by atoms with Crippen LogP contribution in [0.2, 0.25) is 0 Å². The highest BCUT2D eigenvalue weighted by Gasteiger charge is 2.18. The standard InChI is InChI=1S/C10H14N2O4S/c1-7-8(11)4-3-5-9(7)17(14,15)12-6-10(13)16-2/h3-5,12H,6,11H2,1-2H3. The number of sulfonamides is 1. The average molecular weight is 258 g/mol. The van der Waals surface area contributed by atoms with E-state index < -0.39 is 22.5 Å². The largest absolute Gasteiger partial charge is 0.468 e. The SMILES string of the molecule is COC(=O)CNS(=O)(=O)c1cccc(N)c1C. The quantitative estimate of drug-likeness (QED) is 0.586. The Balaban J connectivity index is 2.98. The van der Waals surface area contributed by atoms with Gasteiger partial charge >= 0.3 is 5.97 Å². The van der Waals surface area contributed by atoms with E-state index in [1.54, 1.807) is 13.0 Å². The highest BCUT2D eigenvalue weighted by Crippen LogP contribution is 2.19. The van der Waals surface area contributed by atoms with Crippen LogP contribution in [0.4, 0.5) is 5.69 Å². The Bertz CT molecular complexity index is 525. The van der Waals surface area contributed by atoms with Crippen molar-refractivity contribution < 1.29 is 17.9 Å². The summed E-state index contributed by atoms with van der Waals surface area (Å²) in [6.07, 6.45) is 0. The Morgan fingerprint density at radius 3 is 2.71 bits per heavy atom. The molecule has 0 bridgehead atoms. The maximum atomic E-state index is 11.9. The summed E-state index contributed by atoms with van der Waals surface area (Å²) in [6, 6.07) is 4.56. The highest BCUT2D eigenvalue weighted by molar-refractivity contribution is 7.89. The van der Waals surface area contributed by atoms with Gasteiger partial charge in [0.1, 0.15) is 6.54 Å². The summed E-state index contributed by atoms with van der Waals surface area (Å²) in [7, 11) is -2.57. The second-order valence-electron chi connectivity index (χ2n) is 3.37. The van der Waals surface area contributed by atoms with Gasteiger partial charge in [-0.25, -0.2) is 8.42 Å². The van der Waals surface area contributed by atoms with Crippen molar-refractivity contribution in [2.45, 2.75) is 11.8 Å². The van der Waals surface area contributed by atoms with Crippen LogP contribution in [0.15, 0.2) is 23.1 Å². The number of ether oxygens (including phenoxy) is 1. The van der Waals surface area contributed by atoms with Crippen LogP contribution in [0.3, 0.4) is 0 Å². The molecule has 1 rings (SSSR count). The molecule has 0 fully saturated rings. The Morgan fingerprint density at radius 1 is 1.47 bits per heavy atom. The van der Waals surface area contributed by atoms with Crippen LogP contribution in [-0.4, -0.2) is 28.0 Å². The van der Waals surface area contributed by atoms with Crippen molar-refractivity contribution in [2.75, 3.05) is 19.4 Å². The topological polar surface area (TPSA) is 98.5 Å². The second-order valence-corrected chi connectivity index (χ2v) is 5.11. The van der Waals surface area contributed by atoms with Crippen LogP contribution in [0.25, 0.3) is 0 Å². The number of nitrogens with two attached hydrogens (primary N) is 1. The Labute approximate surface area is 99.8 Å². The summed E-state index contributed by atoms with van der Waals surface area (Å²) in [6.45, 7) is 1.19. The molecule has 0 heterocycles. The number of benzene rings is 1. The molecule has 0 amide bonds. The summed E-state index contributed by atoms with van der Waals surface area (Å²) in [5.74, 6) is -0.657. The van der Waals surface area contributed by atoms with Gasteiger partial charge in [0.25, 0.3) is 0 Å². The van der Waals surface area contributed by atoms with E-state index in [0.29, 0.717) is 11.3 Å². The third-order valence-electron chi connectivity index (χ3n) is 2.25. The first-order chi connectivity index (χ1) is 7.88. The predicted octanol–water partition coefficient (Wildman–Crippen LogP) is 0.0285. The number of carbonyl (C=O) groups is 1. The van der Waals surface area contributed by atoms with Gasteiger partial charge in [0.15, 0.2) is 0 Å². The fourth-order valence-electron chi connectivity index (χ4n) is 1.23. The lowest BCUT2D eigenvalue weighted by molar-refractivity contribution is -0.139. The van der Waals surface area contributed by atoms with Gasteiger partial charge < -0.3 is 10.5 Å². The number of methoxy groups -OCH3 is 1. The zero-order chi connectivity index (χ0) is 13.1. The normalized spacial score (nSPS) is 11.2. The number of nitrogen functional groups attached to an aromatic ring is 1. The number of esters is 1. The summed E-state index contributed by atoms with van der Waals surface area (Å²) in [5, 5.41) is 0. The fourth-order valence-corrected chi connectivity index (χ4v) is 2.47. The van der Waals surface area contributed by atoms with Gasteiger partial charge in [-0.15, -0.1) is 0 Å². The first kappa shape index (κ1) is 13.5. The molecule has 0 aromatic heterocycles. The van der Waals surface area contributed by atoms with Crippen molar-refractivity contribution in [2.24, 2.45) is 0 Å². The number of hydrogen-bond donors (Lipinski definition) is 2. The summed E-state index contributed by atoms with van der Waals surface area (Å²) < 4.78 is 30.2. The van der Waals surface area contributed by atoms with Gasteiger partial charge in [0.2, 0.25) is 10.0 Å². The van der Waals surface area contributed by atoms with Gasteiger partial charge in [-0.05, 0) is 24.6 Å². The summed E-state index contributed by atoms with van der Waals surface area (Å²) >= 11 is 0. The zero-order valence-corrected chi connectivity index (χ0v) is 10.4. The third kappa shape index (κ3) is 3.18. The molecule has 0 saturated carbocycles. The van der Waals surface area contributed by atoms with Gasteiger partial charge in [-0.1, -0.05) is 6.07 Å². The van der Waals surface area contributed by atoms with Gasteiger partial charge in [0, 0.05) is 5.69 Å². The maximum Gasteiger partial charge on any atom is 0.320 e. The molecule has 94 valence electrons. The first-order valence-corrected chi connectivity index (χ1v) is 6.28. The van der Waals surface area contributed by atoms with Crippen molar-refractivity contribution in [3.63, 3.8) is 0 Å². The average Bonchev–Trinajstić information content (AvgIpc) is 2.29. The van der Waals surface area contributed by atoms with E-state index in [-0.39, 0.29) is 4.90 Å². The van der Waals surface area contributed by atoms with E-state index in [0.717, 1.165) is 0 Å². The first-order valence-electron chi connectivity index (χ1n) is 4.80. The molecule has 0 unspecified atom stereocenters. The molecule has 0 spiro atoms. The molecule has 7 heteroatoms. The highest BCUT2D eigenvalue weighted by atomic mass is 32.2. The summed E-state index contributed by atoms with van der Waals surface area (Å²) in [5.41, 5.74) is 6.45. The van der Waals surface area contributed by atoms with Crippen LogP contribution in [0.5, 0.6) is 0 Å². The van der Waals surface area contributed by atoms with Crippen molar-refractivity contribution in [1.82, 2.24) is 4.72 Å². The molecule has 0 atom stereocenters. The molecular formula is C10H14N2O4S. The van der Waals surface area contributed by atoms with Crippen molar-refractivity contribution >= 4 is 21.7 Å². The Hall–Kier alpha value is -1.60. The van der Waals surface area contributed by atoms with Crippen molar-refractivity contribution in [3.8, 4) is 0 Å². The molecular weight excluding hydrogens is 244 g/mol. The molecule has 0 radical (unpaired) electrons. The molecule has 0 saturated heterocycles. The Kier molecular flexibility index (Phi) is 4.08. The maximum absolute atomic E-state index is 11.9. The van der Waals surface area contributed by atoms with Crippen LogP contribution >= 0.6 is 0 Å². The minimum Gasteiger partial charge on any atom is -0.468 e. The molecule has 3 N–H and O–H groups in total. The monoisotopic (exact) mass is 258 g/mol. The van der Waals surface area contributed by atoms with Crippen LogP contribution in [-0.2, 0) is 19.6 Å². The minimum absolute atomic E-state index is 0.0569. The number of rotatable bonds is 4. The fraction of sp³-hybridized carbons (Fsp3) is 0.300. The smallest absolute Gasteiger partial charge is 0.320 e.